The Balaban J connectivity index is 1.46. The maximum Gasteiger partial charge on any atom is 0.254 e. The number of nitrogens with zero attached hydrogens (tertiary/aromatic N) is 5. The smallest absolute Gasteiger partial charge is 0.254 e. The number of aliphatic hydroxyl groups excluding tert-OH is 1. The third-order valence-electron chi connectivity index (χ3n) is 7.89. The Morgan fingerprint density at radius 1 is 1.24 bits per heavy atom. The molecule has 3 aromatic rings. The molecular weight excluding hydrogens is 500 g/mol. The minimum atomic E-state index is -0.379. The summed E-state index contributed by atoms with van der Waals surface area (Å²) in [5, 5.41) is 23.5. The predicted octanol–water partition coefficient (Wildman–Crippen LogP) is 4.30. The van der Waals surface area contributed by atoms with Gasteiger partial charge in [-0.15, -0.1) is 0 Å². The lowest BCUT2D eigenvalue weighted by molar-refractivity contribution is 0.0663. The highest BCUT2D eigenvalue weighted by atomic mass is 35.5. The van der Waals surface area contributed by atoms with Crippen molar-refractivity contribution in [3.63, 3.8) is 0 Å². The number of amides is 1. The zero-order valence-corrected chi connectivity index (χ0v) is 22.6. The lowest BCUT2D eigenvalue weighted by atomic mass is 9.83. The molecule has 0 radical (unpaired) electrons. The number of nitrogens with one attached hydrogen (secondary N) is 1. The predicted molar refractivity (Wildman–Crippen MR) is 148 cm³/mol. The van der Waals surface area contributed by atoms with E-state index in [4.69, 9.17) is 16.6 Å². The van der Waals surface area contributed by atoms with E-state index in [0.29, 0.717) is 46.6 Å². The van der Waals surface area contributed by atoms with Crippen molar-refractivity contribution in [1.82, 2.24) is 19.8 Å². The monoisotopic (exact) mass is 530 g/mol. The van der Waals surface area contributed by atoms with E-state index in [0.717, 1.165) is 48.2 Å². The van der Waals surface area contributed by atoms with Gasteiger partial charge in [0.05, 0.1) is 23.9 Å². The molecule has 2 heterocycles. The molecule has 1 aliphatic heterocycles. The first-order valence-corrected chi connectivity index (χ1v) is 13.2. The van der Waals surface area contributed by atoms with Crippen LogP contribution < -0.4 is 5.32 Å². The number of likely N-dealkylation sites (N-methyl/N-ethyl adjacent to an activating group) is 1. The Morgan fingerprint density at radius 2 is 2.00 bits per heavy atom. The van der Waals surface area contributed by atoms with Gasteiger partial charge in [0.15, 0.2) is 0 Å². The third kappa shape index (κ3) is 4.85. The van der Waals surface area contributed by atoms with Crippen LogP contribution in [0.4, 0.5) is 11.6 Å². The molecule has 0 spiro atoms. The normalized spacial score (nSPS) is 19.2. The minimum Gasteiger partial charge on any atom is -0.395 e. The van der Waals surface area contributed by atoms with Gasteiger partial charge in [0.2, 0.25) is 5.95 Å². The van der Waals surface area contributed by atoms with Crippen LogP contribution in [0.15, 0.2) is 36.5 Å². The topological polar surface area (TPSA) is 105 Å². The fourth-order valence-electron chi connectivity index (χ4n) is 5.34. The first-order chi connectivity index (χ1) is 18.2. The maximum atomic E-state index is 13.3. The summed E-state index contributed by atoms with van der Waals surface area (Å²) in [4.78, 5) is 26.5. The molecule has 1 fully saturated rings. The zero-order chi connectivity index (χ0) is 27.0. The average molecular weight is 531 g/mol. The van der Waals surface area contributed by atoms with Crippen molar-refractivity contribution in [2.24, 2.45) is 0 Å². The van der Waals surface area contributed by atoms with Gasteiger partial charge < -0.3 is 20.2 Å². The summed E-state index contributed by atoms with van der Waals surface area (Å²) in [6.07, 6.45) is 3.23. The second-order valence-corrected chi connectivity index (χ2v) is 10.9. The van der Waals surface area contributed by atoms with E-state index in [1.807, 2.05) is 30.9 Å². The third-order valence-corrected chi connectivity index (χ3v) is 8.11. The van der Waals surface area contributed by atoms with E-state index in [-0.39, 0.29) is 17.9 Å². The van der Waals surface area contributed by atoms with Crippen LogP contribution >= 0.6 is 11.6 Å². The van der Waals surface area contributed by atoms with Gasteiger partial charge in [0, 0.05) is 59.6 Å². The SMILES string of the molecule is Cc1c(Nc2nccc(-c3cc(C#N)c4c(c3)C(C)(CO)CC4)n2)cc(Cl)cc1C(=O)N1CCN(C)CC1. The van der Waals surface area contributed by atoms with Crippen molar-refractivity contribution in [2.45, 2.75) is 32.1 Å². The Kier molecular flexibility index (Phi) is 7.10. The number of carbonyl (C=O) groups excluding carboxylic acids is 1. The maximum absolute atomic E-state index is 13.3. The van der Waals surface area contributed by atoms with E-state index in [9.17, 15) is 15.2 Å². The van der Waals surface area contributed by atoms with Crippen LogP contribution in [0.25, 0.3) is 11.3 Å². The van der Waals surface area contributed by atoms with Crippen molar-refractivity contribution in [3.05, 3.63) is 69.4 Å². The molecule has 1 saturated heterocycles. The van der Waals surface area contributed by atoms with Gasteiger partial charge in [-0.2, -0.15) is 5.26 Å². The van der Waals surface area contributed by atoms with Crippen molar-refractivity contribution >= 4 is 29.1 Å². The summed E-state index contributed by atoms with van der Waals surface area (Å²) < 4.78 is 0. The summed E-state index contributed by atoms with van der Waals surface area (Å²) >= 11 is 6.44. The van der Waals surface area contributed by atoms with Gasteiger partial charge in [-0.05, 0) is 73.8 Å². The largest absolute Gasteiger partial charge is 0.395 e. The summed E-state index contributed by atoms with van der Waals surface area (Å²) in [5.74, 6) is 0.319. The Labute approximate surface area is 227 Å². The van der Waals surface area contributed by atoms with E-state index in [2.05, 4.69) is 28.3 Å². The van der Waals surface area contributed by atoms with Crippen LogP contribution in [0.1, 0.15) is 46.0 Å². The molecule has 1 aromatic heterocycles. The van der Waals surface area contributed by atoms with Crippen molar-refractivity contribution in [3.8, 4) is 17.3 Å². The minimum absolute atomic E-state index is 0.0220. The molecule has 196 valence electrons. The second kappa shape index (κ2) is 10.3. The molecule has 2 aliphatic rings. The number of hydrogen-bond donors (Lipinski definition) is 2. The lowest BCUT2D eigenvalue weighted by Gasteiger charge is -2.33. The number of aliphatic hydroxyl groups is 1. The molecule has 9 heteroatoms. The van der Waals surface area contributed by atoms with E-state index in [1.54, 1.807) is 24.4 Å². The van der Waals surface area contributed by atoms with Crippen LogP contribution in [-0.2, 0) is 11.8 Å². The van der Waals surface area contributed by atoms with Crippen LogP contribution in [0.2, 0.25) is 5.02 Å². The lowest BCUT2D eigenvalue weighted by Crippen LogP contribution is -2.47. The molecule has 0 bridgehead atoms. The number of nitriles is 1. The highest BCUT2D eigenvalue weighted by Crippen LogP contribution is 2.42. The standard InChI is InChI=1S/C29H31ClN6O2/c1-18-23(27(38)36-10-8-35(3)9-11-36)14-21(30)15-26(18)34-28-32-7-5-25(33-28)19-12-20(16-31)22-4-6-29(2,17-37)24(22)13-19/h5,7,12-15,37H,4,6,8-11,17H2,1-3H3,(H,32,33,34). The molecule has 1 aliphatic carbocycles. The Morgan fingerprint density at radius 3 is 2.71 bits per heavy atom. The fraction of sp³-hybridized carbons (Fsp3) is 0.379. The van der Waals surface area contributed by atoms with E-state index < -0.39 is 0 Å². The number of halogens is 1. The zero-order valence-electron chi connectivity index (χ0n) is 21.9. The molecule has 5 rings (SSSR count). The Hall–Kier alpha value is -3.51. The number of aromatic nitrogens is 2. The summed E-state index contributed by atoms with van der Waals surface area (Å²) in [7, 11) is 2.05. The first kappa shape index (κ1) is 26.1. The number of hydrogen-bond acceptors (Lipinski definition) is 7. The van der Waals surface area contributed by atoms with Crippen molar-refractivity contribution in [2.75, 3.05) is 45.2 Å². The van der Waals surface area contributed by atoms with Gasteiger partial charge in [-0.3, -0.25) is 4.79 Å². The highest BCUT2D eigenvalue weighted by Gasteiger charge is 2.35. The van der Waals surface area contributed by atoms with Crippen molar-refractivity contribution < 1.29 is 9.90 Å². The molecule has 38 heavy (non-hydrogen) atoms. The number of piperazine rings is 1. The second-order valence-electron chi connectivity index (χ2n) is 10.5. The molecule has 0 saturated carbocycles. The quantitative estimate of drug-likeness (QED) is 0.506. The molecule has 1 unspecified atom stereocenters. The molecule has 1 atom stereocenters. The van der Waals surface area contributed by atoms with Crippen LogP contribution in [0.3, 0.4) is 0 Å². The van der Waals surface area contributed by atoms with Gasteiger partial charge in [-0.25, -0.2) is 9.97 Å². The summed E-state index contributed by atoms with van der Waals surface area (Å²) in [6.45, 7) is 6.97. The van der Waals surface area contributed by atoms with Gasteiger partial charge in [0.1, 0.15) is 0 Å². The average Bonchev–Trinajstić information content (AvgIpc) is 3.27. The van der Waals surface area contributed by atoms with Gasteiger partial charge in [-0.1, -0.05) is 18.5 Å². The van der Waals surface area contributed by atoms with E-state index >= 15 is 0 Å². The number of rotatable bonds is 5. The molecule has 2 N–H and O–H groups in total. The molecule has 1 amide bonds. The number of benzene rings is 2. The first-order valence-electron chi connectivity index (χ1n) is 12.8. The highest BCUT2D eigenvalue weighted by molar-refractivity contribution is 6.31. The van der Waals surface area contributed by atoms with Crippen LogP contribution in [-0.4, -0.2) is 70.6 Å². The van der Waals surface area contributed by atoms with Gasteiger partial charge in [0.25, 0.3) is 5.91 Å². The fourth-order valence-corrected chi connectivity index (χ4v) is 5.56. The number of carbonyl (C=O) groups is 1. The van der Waals surface area contributed by atoms with Crippen molar-refractivity contribution in [1.29, 1.82) is 5.26 Å². The molecule has 8 nitrogen and oxygen atoms in total. The summed E-state index contributed by atoms with van der Waals surface area (Å²) in [6, 6.07) is 11.5. The Bertz CT molecular complexity index is 1440. The van der Waals surface area contributed by atoms with Gasteiger partial charge >= 0.3 is 0 Å². The van der Waals surface area contributed by atoms with E-state index in [1.165, 1.54) is 0 Å². The van der Waals surface area contributed by atoms with Crippen LogP contribution in [0, 0.1) is 18.3 Å². The number of anilines is 2. The van der Waals surface area contributed by atoms with Crippen LogP contribution in [0.5, 0.6) is 0 Å². The molecule has 2 aromatic carbocycles. The number of fused-ring (bicyclic) bond motifs is 1. The summed E-state index contributed by atoms with van der Waals surface area (Å²) in [5.41, 5.74) is 5.68. The molecular formula is C29H31ClN6O2.